The van der Waals surface area contributed by atoms with Gasteiger partial charge in [-0.25, -0.2) is 4.98 Å². The number of nitrogens with zero attached hydrogens (tertiary/aromatic N) is 1. The fraction of sp³-hybridized carbons (Fsp3) is 0.118. The van der Waals surface area contributed by atoms with Crippen LogP contribution in [0.25, 0.3) is 10.2 Å². The van der Waals surface area contributed by atoms with Gasteiger partial charge < -0.3 is 5.32 Å². The Morgan fingerprint density at radius 2 is 2.15 bits per heavy atom. The summed E-state index contributed by atoms with van der Waals surface area (Å²) >= 11 is 1.66. The van der Waals surface area contributed by atoms with Crippen molar-refractivity contribution in [2.45, 2.75) is 6.42 Å². The Morgan fingerprint density at radius 3 is 3.05 bits per heavy atom. The molecule has 98 valence electrons. The van der Waals surface area contributed by atoms with E-state index in [-0.39, 0.29) is 0 Å². The second kappa shape index (κ2) is 5.77. The van der Waals surface area contributed by atoms with Crippen LogP contribution in [0.4, 0.5) is 5.69 Å². The minimum atomic E-state index is 0.887. The van der Waals surface area contributed by atoms with Crippen molar-refractivity contribution in [1.82, 2.24) is 4.98 Å². The Labute approximate surface area is 122 Å². The van der Waals surface area contributed by atoms with Gasteiger partial charge in [-0.1, -0.05) is 18.1 Å². The largest absolute Gasteiger partial charge is 0.385 e. The Hall–Kier alpha value is -2.31. The van der Waals surface area contributed by atoms with Gasteiger partial charge in [0.25, 0.3) is 0 Å². The van der Waals surface area contributed by atoms with Crippen molar-refractivity contribution in [1.29, 1.82) is 0 Å². The predicted octanol–water partition coefficient (Wildman–Crippen LogP) is 3.93. The molecule has 20 heavy (non-hydrogen) atoms. The predicted molar refractivity (Wildman–Crippen MR) is 86.2 cm³/mol. The van der Waals surface area contributed by atoms with E-state index in [1.807, 2.05) is 23.7 Å². The molecule has 1 aromatic heterocycles. The van der Waals surface area contributed by atoms with Crippen LogP contribution >= 0.6 is 11.3 Å². The minimum Gasteiger partial charge on any atom is -0.385 e. The zero-order valence-corrected chi connectivity index (χ0v) is 11.8. The van der Waals surface area contributed by atoms with Crippen LogP contribution in [-0.2, 0) is 6.42 Å². The number of aromatic nitrogens is 1. The highest BCUT2D eigenvalue weighted by atomic mass is 32.1. The number of terminal acetylenes is 1. The highest BCUT2D eigenvalue weighted by Crippen LogP contribution is 2.21. The average Bonchev–Trinajstić information content (AvgIpc) is 2.95. The van der Waals surface area contributed by atoms with Crippen molar-refractivity contribution in [3.8, 4) is 12.3 Å². The number of benzene rings is 2. The maximum Gasteiger partial charge on any atom is 0.0813 e. The highest BCUT2D eigenvalue weighted by molar-refractivity contribution is 7.16. The Morgan fingerprint density at radius 1 is 1.20 bits per heavy atom. The maximum atomic E-state index is 5.41. The van der Waals surface area contributed by atoms with Crippen LogP contribution in [0.15, 0.2) is 48.0 Å². The van der Waals surface area contributed by atoms with Gasteiger partial charge >= 0.3 is 0 Å². The fourth-order valence-corrected chi connectivity index (χ4v) is 2.85. The van der Waals surface area contributed by atoms with E-state index >= 15 is 0 Å². The molecule has 3 rings (SSSR count). The maximum absolute atomic E-state index is 5.41. The minimum absolute atomic E-state index is 0.887. The molecule has 0 unspecified atom stereocenters. The summed E-state index contributed by atoms with van der Waals surface area (Å²) in [5.74, 6) is 2.67. The molecule has 3 aromatic rings. The van der Waals surface area contributed by atoms with Gasteiger partial charge in [0.15, 0.2) is 0 Å². The second-order valence-electron chi connectivity index (χ2n) is 4.56. The number of hydrogen-bond acceptors (Lipinski definition) is 3. The topological polar surface area (TPSA) is 24.9 Å². The smallest absolute Gasteiger partial charge is 0.0813 e. The van der Waals surface area contributed by atoms with E-state index in [0.29, 0.717) is 0 Å². The van der Waals surface area contributed by atoms with E-state index in [1.54, 1.807) is 11.3 Å². The molecule has 0 bridgehead atoms. The van der Waals surface area contributed by atoms with Gasteiger partial charge in [0, 0.05) is 17.8 Å². The van der Waals surface area contributed by atoms with Gasteiger partial charge in [-0.15, -0.1) is 17.8 Å². The Kier molecular flexibility index (Phi) is 3.67. The summed E-state index contributed by atoms with van der Waals surface area (Å²) in [6.45, 7) is 0.887. The molecule has 0 aliphatic heterocycles. The summed E-state index contributed by atoms with van der Waals surface area (Å²) in [6.07, 6.45) is 6.37. The number of fused-ring (bicyclic) bond motifs is 1. The zero-order valence-electron chi connectivity index (χ0n) is 11.0. The van der Waals surface area contributed by atoms with Crippen LogP contribution in [0.2, 0.25) is 0 Å². The van der Waals surface area contributed by atoms with Crippen molar-refractivity contribution in [2.24, 2.45) is 0 Å². The molecule has 3 heteroatoms. The van der Waals surface area contributed by atoms with Crippen molar-refractivity contribution >= 4 is 27.2 Å². The lowest BCUT2D eigenvalue weighted by molar-refractivity contribution is 1.02. The third kappa shape index (κ3) is 2.81. The first-order valence-electron chi connectivity index (χ1n) is 6.48. The molecular formula is C17H14N2S. The fourth-order valence-electron chi connectivity index (χ4n) is 2.13. The van der Waals surface area contributed by atoms with Gasteiger partial charge in [0.1, 0.15) is 0 Å². The van der Waals surface area contributed by atoms with Gasteiger partial charge in [0.2, 0.25) is 0 Å². The summed E-state index contributed by atoms with van der Waals surface area (Å²) in [5, 5.41) is 3.44. The quantitative estimate of drug-likeness (QED) is 0.731. The van der Waals surface area contributed by atoms with E-state index in [1.165, 1.54) is 10.3 Å². The molecule has 2 aromatic carbocycles. The number of hydrogen-bond donors (Lipinski definition) is 1. The second-order valence-corrected chi connectivity index (χ2v) is 5.44. The molecular weight excluding hydrogens is 264 g/mol. The van der Waals surface area contributed by atoms with E-state index in [4.69, 9.17) is 6.42 Å². The van der Waals surface area contributed by atoms with Crippen molar-refractivity contribution in [2.75, 3.05) is 11.9 Å². The monoisotopic (exact) mass is 278 g/mol. The third-order valence-electron chi connectivity index (χ3n) is 3.17. The summed E-state index contributed by atoms with van der Waals surface area (Å²) in [6, 6.07) is 14.4. The summed E-state index contributed by atoms with van der Waals surface area (Å²) in [7, 11) is 0. The van der Waals surface area contributed by atoms with Crippen LogP contribution < -0.4 is 5.32 Å². The summed E-state index contributed by atoms with van der Waals surface area (Å²) in [5.41, 5.74) is 6.26. The van der Waals surface area contributed by atoms with Crippen LogP contribution in [0.5, 0.6) is 0 Å². The van der Waals surface area contributed by atoms with E-state index in [0.717, 1.165) is 29.7 Å². The molecule has 0 fully saturated rings. The number of thiazole rings is 1. The number of rotatable bonds is 4. The summed E-state index contributed by atoms with van der Waals surface area (Å²) < 4.78 is 1.21. The summed E-state index contributed by atoms with van der Waals surface area (Å²) in [4.78, 5) is 4.28. The van der Waals surface area contributed by atoms with Crippen molar-refractivity contribution in [3.05, 3.63) is 59.1 Å². The van der Waals surface area contributed by atoms with E-state index in [2.05, 4.69) is 40.5 Å². The lowest BCUT2D eigenvalue weighted by atomic mass is 10.1. The molecule has 0 radical (unpaired) electrons. The van der Waals surface area contributed by atoms with Crippen molar-refractivity contribution in [3.63, 3.8) is 0 Å². The van der Waals surface area contributed by atoms with Crippen LogP contribution in [-0.4, -0.2) is 11.5 Å². The lowest BCUT2D eigenvalue weighted by Crippen LogP contribution is -2.04. The molecule has 0 aliphatic rings. The first kappa shape index (κ1) is 12.7. The Bertz CT molecular complexity index is 768. The molecule has 0 amide bonds. The van der Waals surface area contributed by atoms with E-state index in [9.17, 15) is 0 Å². The molecule has 0 saturated carbocycles. The molecule has 0 atom stereocenters. The van der Waals surface area contributed by atoms with E-state index < -0.39 is 0 Å². The lowest BCUT2D eigenvalue weighted by Gasteiger charge is -2.07. The van der Waals surface area contributed by atoms with Crippen LogP contribution in [0.1, 0.15) is 11.1 Å². The molecule has 1 N–H and O–H groups in total. The van der Waals surface area contributed by atoms with Gasteiger partial charge in [0.05, 0.1) is 15.7 Å². The van der Waals surface area contributed by atoms with Crippen LogP contribution in [0.3, 0.4) is 0 Å². The first-order chi connectivity index (χ1) is 9.85. The molecule has 0 aliphatic carbocycles. The van der Waals surface area contributed by atoms with Gasteiger partial charge in [-0.05, 0) is 42.3 Å². The average molecular weight is 278 g/mol. The van der Waals surface area contributed by atoms with Crippen molar-refractivity contribution < 1.29 is 0 Å². The SMILES string of the molecule is C#Cc1cccc(CCNc2ccc3ncsc3c2)c1. The molecule has 2 nitrogen and oxygen atoms in total. The number of nitrogens with one attached hydrogen (secondary N) is 1. The highest BCUT2D eigenvalue weighted by Gasteiger charge is 1.99. The standard InChI is InChI=1S/C17H14N2S/c1-2-13-4-3-5-14(10-13)8-9-18-15-6-7-16-17(11-15)20-12-19-16/h1,3-7,10-12,18H,8-9H2. The normalized spacial score (nSPS) is 10.3. The molecule has 0 saturated heterocycles. The Balaban J connectivity index is 1.63. The molecule has 1 heterocycles. The van der Waals surface area contributed by atoms with Gasteiger partial charge in [-0.2, -0.15) is 0 Å². The molecule has 0 spiro atoms. The third-order valence-corrected chi connectivity index (χ3v) is 3.96. The number of anilines is 1. The van der Waals surface area contributed by atoms with Gasteiger partial charge in [-0.3, -0.25) is 0 Å². The zero-order chi connectivity index (χ0) is 13.8. The first-order valence-corrected chi connectivity index (χ1v) is 7.36. The van der Waals surface area contributed by atoms with Crippen LogP contribution in [0, 0.1) is 12.3 Å².